The summed E-state index contributed by atoms with van der Waals surface area (Å²) in [5.74, 6) is 0.201. The Kier molecular flexibility index (Phi) is 4.76. The van der Waals surface area contributed by atoms with Crippen molar-refractivity contribution in [3.63, 3.8) is 0 Å². The first kappa shape index (κ1) is 14.2. The van der Waals surface area contributed by atoms with Crippen molar-refractivity contribution in [3.05, 3.63) is 23.2 Å². The summed E-state index contributed by atoms with van der Waals surface area (Å²) in [4.78, 5) is -0.0480. The highest BCUT2D eigenvalue weighted by atomic mass is 35.5. The van der Waals surface area contributed by atoms with Crippen molar-refractivity contribution in [1.29, 1.82) is 0 Å². The molecule has 0 aliphatic heterocycles. The van der Waals surface area contributed by atoms with Gasteiger partial charge in [-0.3, -0.25) is 0 Å². The Labute approximate surface area is 105 Å². The third-order valence-electron chi connectivity index (χ3n) is 1.98. The Balaban J connectivity index is 3.09. The minimum atomic E-state index is -3.74. The number of ether oxygens (including phenoxy) is 1. The van der Waals surface area contributed by atoms with Crippen molar-refractivity contribution in [3.8, 4) is 5.75 Å². The molecule has 0 saturated heterocycles. The van der Waals surface area contributed by atoms with Gasteiger partial charge in [-0.2, -0.15) is 0 Å². The molecule has 96 valence electrons. The van der Waals surface area contributed by atoms with E-state index in [1.807, 2.05) is 0 Å². The second-order valence-corrected chi connectivity index (χ2v) is 5.67. The number of rotatable bonds is 5. The number of methoxy groups -OCH3 is 1. The van der Waals surface area contributed by atoms with Crippen molar-refractivity contribution >= 4 is 21.6 Å². The molecule has 0 aliphatic carbocycles. The highest BCUT2D eigenvalue weighted by molar-refractivity contribution is 7.89. The number of halogens is 1. The van der Waals surface area contributed by atoms with Crippen LogP contribution in [0.5, 0.6) is 5.75 Å². The molecule has 2 N–H and O–H groups in total. The Morgan fingerprint density at radius 3 is 2.71 bits per heavy atom. The van der Waals surface area contributed by atoms with E-state index in [-0.39, 0.29) is 17.2 Å². The van der Waals surface area contributed by atoms with E-state index in [2.05, 4.69) is 4.72 Å². The minimum absolute atomic E-state index is 0.0480. The van der Waals surface area contributed by atoms with E-state index < -0.39 is 16.1 Å². The van der Waals surface area contributed by atoms with Gasteiger partial charge in [0.15, 0.2) is 0 Å². The SMILES string of the molecule is COc1ccc(Cl)cc1S(=O)(=O)NC[C@@H](C)O. The van der Waals surface area contributed by atoms with Crippen molar-refractivity contribution in [1.82, 2.24) is 4.72 Å². The van der Waals surface area contributed by atoms with Crippen LogP contribution in [0.3, 0.4) is 0 Å². The van der Waals surface area contributed by atoms with Crippen LogP contribution in [0.4, 0.5) is 0 Å². The van der Waals surface area contributed by atoms with Gasteiger partial charge in [0.05, 0.1) is 13.2 Å². The van der Waals surface area contributed by atoms with E-state index in [0.717, 1.165) is 0 Å². The van der Waals surface area contributed by atoms with Crippen molar-refractivity contribution in [2.75, 3.05) is 13.7 Å². The summed E-state index contributed by atoms with van der Waals surface area (Å²) < 4.78 is 31.0. The molecule has 0 unspecified atom stereocenters. The smallest absolute Gasteiger partial charge is 0.244 e. The molecule has 5 nitrogen and oxygen atoms in total. The number of hydrogen-bond acceptors (Lipinski definition) is 4. The number of benzene rings is 1. The summed E-state index contributed by atoms with van der Waals surface area (Å²) in [6, 6.07) is 4.30. The van der Waals surface area contributed by atoms with Crippen LogP contribution in [-0.4, -0.2) is 33.3 Å². The quantitative estimate of drug-likeness (QED) is 0.843. The maximum atomic E-state index is 11.9. The van der Waals surface area contributed by atoms with E-state index in [1.165, 1.54) is 32.2 Å². The standard InChI is InChI=1S/C10H14ClNO4S/c1-7(13)6-12-17(14,15)10-5-8(11)3-4-9(10)16-2/h3-5,7,12-13H,6H2,1-2H3/t7-/m1/s1. The normalized spacial score (nSPS) is 13.4. The summed E-state index contributed by atoms with van der Waals surface area (Å²) in [7, 11) is -2.37. The van der Waals surface area contributed by atoms with Crippen LogP contribution in [0.25, 0.3) is 0 Å². The highest BCUT2D eigenvalue weighted by Gasteiger charge is 2.20. The molecule has 0 heterocycles. The van der Waals surface area contributed by atoms with Gasteiger partial charge in [-0.15, -0.1) is 0 Å². The van der Waals surface area contributed by atoms with Gasteiger partial charge in [-0.1, -0.05) is 11.6 Å². The molecule has 0 amide bonds. The van der Waals surface area contributed by atoms with Crippen LogP contribution >= 0.6 is 11.6 Å². The van der Waals surface area contributed by atoms with Crippen LogP contribution in [0, 0.1) is 0 Å². The largest absolute Gasteiger partial charge is 0.495 e. The van der Waals surface area contributed by atoms with Gasteiger partial charge >= 0.3 is 0 Å². The predicted octanol–water partition coefficient (Wildman–Crippen LogP) is 1.01. The molecule has 0 aliphatic rings. The zero-order valence-electron chi connectivity index (χ0n) is 9.47. The van der Waals surface area contributed by atoms with Crippen LogP contribution in [0.2, 0.25) is 5.02 Å². The fraction of sp³-hybridized carbons (Fsp3) is 0.400. The van der Waals surface area contributed by atoms with Gasteiger partial charge in [0.25, 0.3) is 0 Å². The number of aliphatic hydroxyl groups excluding tert-OH is 1. The second kappa shape index (κ2) is 5.68. The van der Waals surface area contributed by atoms with E-state index in [9.17, 15) is 8.42 Å². The fourth-order valence-electron chi connectivity index (χ4n) is 1.17. The molecule has 0 radical (unpaired) electrons. The third-order valence-corrected chi connectivity index (χ3v) is 3.66. The number of hydrogen-bond donors (Lipinski definition) is 2. The lowest BCUT2D eigenvalue weighted by atomic mass is 10.3. The van der Waals surface area contributed by atoms with Gasteiger partial charge in [-0.05, 0) is 25.1 Å². The highest BCUT2D eigenvalue weighted by Crippen LogP contribution is 2.26. The Bertz CT molecular complexity index is 487. The van der Waals surface area contributed by atoms with Crippen LogP contribution in [0.1, 0.15) is 6.92 Å². The Hall–Kier alpha value is -0.820. The lowest BCUT2D eigenvalue weighted by Gasteiger charge is -2.11. The average molecular weight is 280 g/mol. The number of sulfonamides is 1. The summed E-state index contributed by atoms with van der Waals surface area (Å²) >= 11 is 5.75. The summed E-state index contributed by atoms with van der Waals surface area (Å²) in [6.07, 6.45) is -0.769. The molecule has 1 atom stereocenters. The fourth-order valence-corrected chi connectivity index (χ4v) is 2.72. The summed E-state index contributed by atoms with van der Waals surface area (Å²) in [6.45, 7) is 1.41. The van der Waals surface area contributed by atoms with Crippen LogP contribution in [0.15, 0.2) is 23.1 Å². The topological polar surface area (TPSA) is 75.6 Å². The van der Waals surface area contributed by atoms with Gasteiger partial charge in [-0.25, -0.2) is 13.1 Å². The van der Waals surface area contributed by atoms with E-state index in [1.54, 1.807) is 0 Å². The molecule has 0 spiro atoms. The molecule has 1 rings (SSSR count). The molecule has 0 fully saturated rings. The zero-order chi connectivity index (χ0) is 13.1. The first-order valence-electron chi connectivity index (χ1n) is 4.88. The van der Waals surface area contributed by atoms with Crippen LogP contribution < -0.4 is 9.46 Å². The molecular formula is C10H14ClNO4S. The zero-order valence-corrected chi connectivity index (χ0v) is 11.0. The molecule has 0 saturated carbocycles. The predicted molar refractivity (Wildman–Crippen MR) is 64.9 cm³/mol. The second-order valence-electron chi connectivity index (χ2n) is 3.50. The maximum absolute atomic E-state index is 11.9. The van der Waals surface area contributed by atoms with Crippen molar-refractivity contribution in [2.24, 2.45) is 0 Å². The monoisotopic (exact) mass is 279 g/mol. The van der Waals surface area contributed by atoms with Crippen molar-refractivity contribution in [2.45, 2.75) is 17.9 Å². The summed E-state index contributed by atoms with van der Waals surface area (Å²) in [5, 5.41) is 9.35. The summed E-state index contributed by atoms with van der Waals surface area (Å²) in [5.41, 5.74) is 0. The lowest BCUT2D eigenvalue weighted by molar-refractivity contribution is 0.198. The van der Waals surface area contributed by atoms with Crippen molar-refractivity contribution < 1.29 is 18.3 Å². The van der Waals surface area contributed by atoms with Gasteiger partial charge in [0.2, 0.25) is 10.0 Å². The Morgan fingerprint density at radius 2 is 2.18 bits per heavy atom. The first-order chi connectivity index (χ1) is 7.86. The van der Waals surface area contributed by atoms with Crippen LogP contribution in [-0.2, 0) is 10.0 Å². The Morgan fingerprint density at radius 1 is 1.53 bits per heavy atom. The molecule has 7 heteroatoms. The molecule has 0 aromatic heterocycles. The van der Waals surface area contributed by atoms with E-state index >= 15 is 0 Å². The maximum Gasteiger partial charge on any atom is 0.244 e. The molecule has 1 aromatic rings. The van der Waals surface area contributed by atoms with Gasteiger partial charge < -0.3 is 9.84 Å². The van der Waals surface area contributed by atoms with E-state index in [4.69, 9.17) is 21.4 Å². The minimum Gasteiger partial charge on any atom is -0.495 e. The molecule has 1 aromatic carbocycles. The molecule has 17 heavy (non-hydrogen) atoms. The lowest BCUT2D eigenvalue weighted by Crippen LogP contribution is -2.30. The number of nitrogens with one attached hydrogen (secondary N) is 1. The van der Waals surface area contributed by atoms with Gasteiger partial charge in [0, 0.05) is 11.6 Å². The van der Waals surface area contributed by atoms with E-state index in [0.29, 0.717) is 5.02 Å². The average Bonchev–Trinajstić information content (AvgIpc) is 2.26. The molecule has 0 bridgehead atoms. The first-order valence-corrected chi connectivity index (χ1v) is 6.74. The number of aliphatic hydroxyl groups is 1. The molecular weight excluding hydrogens is 266 g/mol. The van der Waals surface area contributed by atoms with Gasteiger partial charge in [0.1, 0.15) is 10.6 Å². The third kappa shape index (κ3) is 3.85.